The molecule has 1 saturated heterocycles. The van der Waals surface area contributed by atoms with Crippen molar-refractivity contribution in [3.63, 3.8) is 0 Å². The molecule has 0 unspecified atom stereocenters. The van der Waals surface area contributed by atoms with Gasteiger partial charge in [-0.2, -0.15) is 0 Å². The number of carbonyl (C=O) groups is 1. The van der Waals surface area contributed by atoms with Crippen molar-refractivity contribution in [2.45, 2.75) is 31.8 Å². The number of nitrogens with one attached hydrogen (secondary N) is 2. The van der Waals surface area contributed by atoms with Crippen molar-refractivity contribution < 1.29 is 4.79 Å². The molecule has 2 N–H and O–H groups in total. The number of carbonyl (C=O) groups excluding carboxylic acids is 1. The first-order valence-electron chi connectivity index (χ1n) is 10.8. The van der Waals surface area contributed by atoms with E-state index in [1.165, 1.54) is 12.8 Å². The fourth-order valence-electron chi connectivity index (χ4n) is 4.01. The summed E-state index contributed by atoms with van der Waals surface area (Å²) < 4.78 is 0. The Morgan fingerprint density at radius 1 is 1.10 bits per heavy atom. The summed E-state index contributed by atoms with van der Waals surface area (Å²) in [5.74, 6) is 1.55. The number of nitrogens with zero attached hydrogens (tertiary/aromatic N) is 3. The molecule has 160 valence electrons. The zero-order valence-corrected chi connectivity index (χ0v) is 18.1. The van der Waals surface area contributed by atoms with Crippen molar-refractivity contribution >= 4 is 11.7 Å². The van der Waals surface area contributed by atoms with Crippen LogP contribution >= 0.6 is 0 Å². The molecule has 1 atom stereocenters. The molecule has 1 aliphatic heterocycles. The smallest absolute Gasteiger partial charge is 0.254 e. The van der Waals surface area contributed by atoms with Crippen molar-refractivity contribution in [1.82, 2.24) is 20.2 Å². The van der Waals surface area contributed by atoms with Crippen molar-refractivity contribution in [3.8, 4) is 11.1 Å². The van der Waals surface area contributed by atoms with E-state index in [-0.39, 0.29) is 11.9 Å². The van der Waals surface area contributed by atoms with E-state index in [9.17, 15) is 4.79 Å². The number of aromatic nitrogens is 2. The maximum atomic E-state index is 13.3. The highest BCUT2D eigenvalue weighted by atomic mass is 16.2. The molecule has 4 rings (SSSR count). The highest BCUT2D eigenvalue weighted by molar-refractivity contribution is 6.00. The minimum atomic E-state index is -0.0265. The fraction of sp³-hybridized carbons (Fsp3) is 0.320. The van der Waals surface area contributed by atoms with E-state index in [4.69, 9.17) is 4.98 Å². The third-order valence-corrected chi connectivity index (χ3v) is 5.66. The van der Waals surface area contributed by atoms with Gasteiger partial charge >= 0.3 is 0 Å². The Labute approximate surface area is 183 Å². The summed E-state index contributed by atoms with van der Waals surface area (Å²) in [6.45, 7) is 1.40. The van der Waals surface area contributed by atoms with Gasteiger partial charge in [0, 0.05) is 25.7 Å². The van der Waals surface area contributed by atoms with Crippen LogP contribution in [0.3, 0.4) is 0 Å². The number of anilines is 1. The van der Waals surface area contributed by atoms with Crippen LogP contribution in [0.15, 0.2) is 60.7 Å². The first-order valence-corrected chi connectivity index (χ1v) is 10.8. The summed E-state index contributed by atoms with van der Waals surface area (Å²) in [6, 6.07) is 19.8. The highest BCUT2D eigenvalue weighted by Crippen LogP contribution is 2.25. The second-order valence-electron chi connectivity index (χ2n) is 7.93. The van der Waals surface area contributed by atoms with E-state index >= 15 is 0 Å². The minimum absolute atomic E-state index is 0.0265. The lowest BCUT2D eigenvalue weighted by Gasteiger charge is -2.24. The average molecular weight is 416 g/mol. The summed E-state index contributed by atoms with van der Waals surface area (Å²) in [7, 11) is 3.68. The molecule has 2 aromatic carbocycles. The van der Waals surface area contributed by atoms with Crippen LogP contribution in [0.25, 0.3) is 11.1 Å². The molecule has 1 aliphatic rings. The normalized spacial score (nSPS) is 16.0. The number of benzene rings is 2. The molecule has 2 heterocycles. The van der Waals surface area contributed by atoms with E-state index in [0.29, 0.717) is 12.1 Å². The molecular formula is C25H29N5O. The van der Waals surface area contributed by atoms with Crippen LogP contribution in [0.5, 0.6) is 0 Å². The molecule has 0 bridgehead atoms. The Bertz CT molecular complexity index is 1030. The van der Waals surface area contributed by atoms with Crippen molar-refractivity contribution in [3.05, 3.63) is 77.7 Å². The number of hydrogen-bond acceptors (Lipinski definition) is 5. The van der Waals surface area contributed by atoms with Crippen LogP contribution in [-0.4, -0.2) is 41.4 Å². The van der Waals surface area contributed by atoms with Gasteiger partial charge in [-0.3, -0.25) is 4.79 Å². The third kappa shape index (κ3) is 4.91. The number of hydrogen-bond donors (Lipinski definition) is 2. The van der Waals surface area contributed by atoms with Crippen LogP contribution in [0.1, 0.15) is 47.2 Å². The van der Waals surface area contributed by atoms with E-state index < -0.39 is 0 Å². The second kappa shape index (κ2) is 9.71. The standard InChI is InChI=1S/C25H29N5O/c1-26-23-16-19(28-24(29-23)22-14-8-9-15-27-22)17-30(2)25(31)21-13-7-6-12-20(21)18-10-4-3-5-11-18/h3-7,10-13,16,22,27H,8-9,14-15,17H2,1-2H3,(H,26,28,29)/t22-/m1/s1. The van der Waals surface area contributed by atoms with Crippen molar-refractivity contribution in [2.75, 3.05) is 26.0 Å². The average Bonchev–Trinajstić information content (AvgIpc) is 2.84. The van der Waals surface area contributed by atoms with Gasteiger partial charge in [0.25, 0.3) is 5.91 Å². The van der Waals surface area contributed by atoms with E-state index in [0.717, 1.165) is 41.4 Å². The molecule has 0 radical (unpaired) electrons. The lowest BCUT2D eigenvalue weighted by Crippen LogP contribution is -2.30. The molecule has 1 fully saturated rings. The SMILES string of the molecule is CNc1cc(CN(C)C(=O)c2ccccc2-c2ccccc2)nc([C@H]2CCCCN2)n1. The molecule has 3 aromatic rings. The van der Waals surface area contributed by atoms with Gasteiger partial charge in [0.15, 0.2) is 0 Å². The molecule has 0 saturated carbocycles. The lowest BCUT2D eigenvalue weighted by molar-refractivity contribution is 0.0784. The molecule has 6 nitrogen and oxygen atoms in total. The summed E-state index contributed by atoms with van der Waals surface area (Å²) in [5.41, 5.74) is 3.48. The van der Waals surface area contributed by atoms with Crippen LogP contribution in [0.4, 0.5) is 5.82 Å². The largest absolute Gasteiger partial charge is 0.373 e. The van der Waals surface area contributed by atoms with Gasteiger partial charge in [0.05, 0.1) is 18.3 Å². The maximum Gasteiger partial charge on any atom is 0.254 e. The van der Waals surface area contributed by atoms with Gasteiger partial charge in [-0.05, 0) is 36.6 Å². The van der Waals surface area contributed by atoms with Gasteiger partial charge in [0.2, 0.25) is 0 Å². The number of piperidine rings is 1. The fourth-order valence-corrected chi connectivity index (χ4v) is 4.01. The first kappa shape index (κ1) is 21.0. The Morgan fingerprint density at radius 2 is 1.87 bits per heavy atom. The molecular weight excluding hydrogens is 386 g/mol. The monoisotopic (exact) mass is 415 g/mol. The van der Waals surface area contributed by atoms with Gasteiger partial charge in [-0.15, -0.1) is 0 Å². The predicted octanol–water partition coefficient (Wildman–Crippen LogP) is 4.27. The van der Waals surface area contributed by atoms with E-state index in [1.54, 1.807) is 4.90 Å². The third-order valence-electron chi connectivity index (χ3n) is 5.66. The molecule has 31 heavy (non-hydrogen) atoms. The Kier molecular flexibility index (Phi) is 6.57. The highest BCUT2D eigenvalue weighted by Gasteiger charge is 2.21. The zero-order valence-electron chi connectivity index (χ0n) is 18.1. The summed E-state index contributed by atoms with van der Waals surface area (Å²) in [4.78, 5) is 24.5. The number of amides is 1. The zero-order chi connectivity index (χ0) is 21.6. The second-order valence-corrected chi connectivity index (χ2v) is 7.93. The summed E-state index contributed by atoms with van der Waals surface area (Å²) >= 11 is 0. The molecule has 6 heteroatoms. The molecule has 0 aliphatic carbocycles. The topological polar surface area (TPSA) is 70.2 Å². The minimum Gasteiger partial charge on any atom is -0.373 e. The first-order chi connectivity index (χ1) is 15.2. The van der Waals surface area contributed by atoms with Crippen LogP contribution in [0.2, 0.25) is 0 Å². The van der Waals surface area contributed by atoms with Crippen LogP contribution < -0.4 is 10.6 Å². The Morgan fingerprint density at radius 3 is 2.61 bits per heavy atom. The van der Waals surface area contributed by atoms with E-state index in [2.05, 4.69) is 15.6 Å². The summed E-state index contributed by atoms with van der Waals surface area (Å²) in [5, 5.41) is 6.64. The van der Waals surface area contributed by atoms with E-state index in [1.807, 2.05) is 74.8 Å². The summed E-state index contributed by atoms with van der Waals surface area (Å²) in [6.07, 6.45) is 3.40. The molecule has 0 spiro atoms. The quantitative estimate of drug-likeness (QED) is 0.629. The number of rotatable bonds is 6. The molecule has 1 amide bonds. The Hall–Kier alpha value is -3.25. The maximum absolute atomic E-state index is 13.3. The lowest BCUT2D eigenvalue weighted by atomic mass is 9.99. The van der Waals surface area contributed by atoms with Gasteiger partial charge in [-0.1, -0.05) is 55.0 Å². The predicted molar refractivity (Wildman–Crippen MR) is 124 cm³/mol. The van der Waals surface area contributed by atoms with Gasteiger partial charge in [0.1, 0.15) is 11.6 Å². The van der Waals surface area contributed by atoms with Gasteiger partial charge in [-0.25, -0.2) is 9.97 Å². The van der Waals surface area contributed by atoms with Crippen molar-refractivity contribution in [1.29, 1.82) is 0 Å². The molecule has 1 aromatic heterocycles. The van der Waals surface area contributed by atoms with Gasteiger partial charge < -0.3 is 15.5 Å². The Balaban J connectivity index is 1.57. The van der Waals surface area contributed by atoms with Crippen LogP contribution in [0, 0.1) is 0 Å². The van der Waals surface area contributed by atoms with Crippen molar-refractivity contribution in [2.24, 2.45) is 0 Å². The van der Waals surface area contributed by atoms with Crippen LogP contribution in [-0.2, 0) is 6.54 Å².